The standard InChI is InChI=1S/C21H21N3O4S/c1-28-19-9-15(8-18(25)21(19)27)23-10-14-4-2-13(3-5-14)6-7-20(26)24-17-12-29-11-16(17)22/h2-9,11-12,23,25,27H,10,22H2,1H3,(H,24,26)/b7-6+. The third kappa shape index (κ3) is 5.20. The molecule has 1 aromatic heterocycles. The topological polar surface area (TPSA) is 117 Å². The van der Waals surface area contributed by atoms with E-state index in [1.807, 2.05) is 24.3 Å². The van der Waals surface area contributed by atoms with Gasteiger partial charge in [-0.15, -0.1) is 11.3 Å². The first-order valence-corrected chi connectivity index (χ1v) is 9.64. The number of rotatable bonds is 7. The number of carbonyl (C=O) groups is 1. The summed E-state index contributed by atoms with van der Waals surface area (Å²) >= 11 is 1.43. The highest BCUT2D eigenvalue weighted by Crippen LogP contribution is 2.38. The van der Waals surface area contributed by atoms with E-state index in [2.05, 4.69) is 10.6 Å². The molecule has 0 fully saturated rings. The Bertz CT molecular complexity index is 1030. The van der Waals surface area contributed by atoms with Crippen molar-refractivity contribution in [3.05, 3.63) is 64.4 Å². The van der Waals surface area contributed by atoms with Crippen LogP contribution in [0.25, 0.3) is 6.08 Å². The number of nitrogen functional groups attached to an aromatic ring is 1. The quantitative estimate of drug-likeness (QED) is 0.228. The molecule has 0 radical (unpaired) electrons. The fraction of sp³-hybridized carbons (Fsp3) is 0.0952. The van der Waals surface area contributed by atoms with Gasteiger partial charge in [0, 0.05) is 41.2 Å². The third-order valence-electron chi connectivity index (χ3n) is 4.13. The van der Waals surface area contributed by atoms with Gasteiger partial charge in [0.2, 0.25) is 11.7 Å². The summed E-state index contributed by atoms with van der Waals surface area (Å²) in [7, 11) is 1.42. The van der Waals surface area contributed by atoms with Gasteiger partial charge in [-0.05, 0) is 17.2 Å². The van der Waals surface area contributed by atoms with Crippen LogP contribution < -0.4 is 21.1 Å². The smallest absolute Gasteiger partial charge is 0.248 e. The zero-order valence-corrected chi connectivity index (χ0v) is 16.5. The molecule has 0 aliphatic heterocycles. The highest BCUT2D eigenvalue weighted by atomic mass is 32.1. The predicted octanol–water partition coefficient (Wildman–Crippen LogP) is 4.01. The first kappa shape index (κ1) is 20.1. The highest BCUT2D eigenvalue weighted by Gasteiger charge is 2.09. The van der Waals surface area contributed by atoms with Crippen LogP contribution in [0.3, 0.4) is 0 Å². The van der Waals surface area contributed by atoms with Crippen LogP contribution in [0.1, 0.15) is 11.1 Å². The molecule has 0 aliphatic carbocycles. The largest absolute Gasteiger partial charge is 0.504 e. The number of hydrogen-bond acceptors (Lipinski definition) is 7. The minimum Gasteiger partial charge on any atom is -0.504 e. The average Bonchev–Trinajstić information content (AvgIpc) is 3.12. The van der Waals surface area contributed by atoms with E-state index < -0.39 is 0 Å². The van der Waals surface area contributed by atoms with Crippen LogP contribution in [-0.4, -0.2) is 23.2 Å². The lowest BCUT2D eigenvalue weighted by Gasteiger charge is -2.11. The number of carbonyl (C=O) groups excluding carboxylic acids is 1. The SMILES string of the molecule is COc1cc(NCc2ccc(/C=C/C(=O)Nc3cscc3N)cc2)cc(O)c1O. The van der Waals surface area contributed by atoms with Gasteiger partial charge in [0.1, 0.15) is 0 Å². The van der Waals surface area contributed by atoms with Gasteiger partial charge in [0.05, 0.1) is 18.5 Å². The van der Waals surface area contributed by atoms with E-state index in [1.54, 1.807) is 22.9 Å². The van der Waals surface area contributed by atoms with Gasteiger partial charge in [-0.2, -0.15) is 0 Å². The molecule has 1 amide bonds. The minimum absolute atomic E-state index is 0.190. The van der Waals surface area contributed by atoms with Crippen molar-refractivity contribution < 1.29 is 19.7 Å². The average molecular weight is 411 g/mol. The monoisotopic (exact) mass is 411 g/mol. The number of methoxy groups -OCH3 is 1. The molecule has 0 spiro atoms. The summed E-state index contributed by atoms with van der Waals surface area (Å²) in [4.78, 5) is 12.0. The molecule has 3 rings (SSSR count). The molecule has 7 nitrogen and oxygen atoms in total. The van der Waals surface area contributed by atoms with Gasteiger partial charge in [-0.1, -0.05) is 24.3 Å². The van der Waals surface area contributed by atoms with Gasteiger partial charge in [0.25, 0.3) is 0 Å². The van der Waals surface area contributed by atoms with Crippen molar-refractivity contribution in [3.8, 4) is 17.2 Å². The van der Waals surface area contributed by atoms with E-state index in [4.69, 9.17) is 10.5 Å². The Balaban J connectivity index is 1.57. The molecule has 0 bridgehead atoms. The van der Waals surface area contributed by atoms with Crippen LogP contribution in [0.15, 0.2) is 53.2 Å². The molecule has 150 valence electrons. The van der Waals surface area contributed by atoms with Crippen LogP contribution >= 0.6 is 11.3 Å². The summed E-state index contributed by atoms with van der Waals surface area (Å²) in [5.74, 6) is -0.605. The Morgan fingerprint density at radius 1 is 1.21 bits per heavy atom. The molecule has 1 heterocycles. The minimum atomic E-state index is -0.292. The zero-order valence-electron chi connectivity index (χ0n) is 15.7. The lowest BCUT2D eigenvalue weighted by molar-refractivity contribution is -0.111. The van der Waals surface area contributed by atoms with Crippen LogP contribution in [0.4, 0.5) is 17.1 Å². The number of phenolic OH excluding ortho intramolecular Hbond substituents is 2. The Kier molecular flexibility index (Phi) is 6.25. The number of benzene rings is 2. The lowest BCUT2D eigenvalue weighted by Crippen LogP contribution is -2.08. The van der Waals surface area contributed by atoms with E-state index in [0.717, 1.165) is 11.1 Å². The molecule has 0 aliphatic rings. The normalized spacial score (nSPS) is 10.8. The Morgan fingerprint density at radius 3 is 2.62 bits per heavy atom. The van der Waals surface area contributed by atoms with Crippen molar-refractivity contribution in [3.63, 3.8) is 0 Å². The summed E-state index contributed by atoms with van der Waals surface area (Å²) in [6.45, 7) is 0.509. The highest BCUT2D eigenvalue weighted by molar-refractivity contribution is 7.09. The van der Waals surface area contributed by atoms with E-state index in [0.29, 0.717) is 23.6 Å². The van der Waals surface area contributed by atoms with Gasteiger partial charge in [-0.3, -0.25) is 4.79 Å². The molecule has 0 atom stereocenters. The molecular weight excluding hydrogens is 390 g/mol. The Labute approximate surface area is 172 Å². The van der Waals surface area contributed by atoms with Crippen LogP contribution in [0.2, 0.25) is 0 Å². The number of nitrogens with one attached hydrogen (secondary N) is 2. The van der Waals surface area contributed by atoms with Gasteiger partial charge in [-0.25, -0.2) is 0 Å². The summed E-state index contributed by atoms with van der Waals surface area (Å²) in [6, 6.07) is 10.7. The third-order valence-corrected chi connectivity index (χ3v) is 4.89. The van der Waals surface area contributed by atoms with Crippen LogP contribution in [0, 0.1) is 0 Å². The maximum Gasteiger partial charge on any atom is 0.248 e. The first-order chi connectivity index (χ1) is 14.0. The second-order valence-electron chi connectivity index (χ2n) is 6.20. The first-order valence-electron chi connectivity index (χ1n) is 8.69. The van der Waals surface area contributed by atoms with E-state index in [-0.39, 0.29) is 23.2 Å². The molecule has 3 aromatic rings. The van der Waals surface area contributed by atoms with Gasteiger partial charge >= 0.3 is 0 Å². The predicted molar refractivity (Wildman–Crippen MR) is 116 cm³/mol. The maximum atomic E-state index is 12.0. The second-order valence-corrected chi connectivity index (χ2v) is 6.95. The van der Waals surface area contributed by atoms with Crippen LogP contribution in [-0.2, 0) is 11.3 Å². The molecule has 6 N–H and O–H groups in total. The number of thiophene rings is 1. The number of ether oxygens (including phenoxy) is 1. The Hall–Kier alpha value is -3.65. The summed E-state index contributed by atoms with van der Waals surface area (Å²) < 4.78 is 5.02. The second kappa shape index (κ2) is 9.03. The number of aromatic hydroxyl groups is 2. The lowest BCUT2D eigenvalue weighted by atomic mass is 10.1. The molecule has 29 heavy (non-hydrogen) atoms. The Morgan fingerprint density at radius 2 is 1.97 bits per heavy atom. The fourth-order valence-corrected chi connectivity index (χ4v) is 3.23. The van der Waals surface area contributed by atoms with Crippen molar-refractivity contribution in [1.29, 1.82) is 0 Å². The molecule has 8 heteroatoms. The van der Waals surface area contributed by atoms with Crippen molar-refractivity contribution in [2.24, 2.45) is 0 Å². The van der Waals surface area contributed by atoms with Crippen molar-refractivity contribution in [2.75, 3.05) is 23.5 Å². The summed E-state index contributed by atoms with van der Waals surface area (Å²) in [6.07, 6.45) is 3.17. The number of nitrogens with two attached hydrogens (primary N) is 1. The number of anilines is 3. The van der Waals surface area contributed by atoms with Gasteiger partial charge < -0.3 is 31.3 Å². The summed E-state index contributed by atoms with van der Waals surface area (Å²) in [5.41, 5.74) is 9.41. The molecular formula is C21H21N3O4S. The molecule has 2 aromatic carbocycles. The van der Waals surface area contributed by atoms with Crippen molar-refractivity contribution in [1.82, 2.24) is 0 Å². The number of phenols is 2. The number of hydrogen-bond donors (Lipinski definition) is 5. The maximum absolute atomic E-state index is 12.0. The van der Waals surface area contributed by atoms with E-state index >= 15 is 0 Å². The molecule has 0 saturated carbocycles. The molecule has 0 unspecified atom stereocenters. The number of amides is 1. The molecule has 0 saturated heterocycles. The van der Waals surface area contributed by atoms with E-state index in [9.17, 15) is 15.0 Å². The summed E-state index contributed by atoms with van der Waals surface area (Å²) in [5, 5.41) is 28.8. The fourth-order valence-electron chi connectivity index (χ4n) is 2.56. The van der Waals surface area contributed by atoms with E-state index in [1.165, 1.54) is 30.6 Å². The van der Waals surface area contributed by atoms with Gasteiger partial charge in [0.15, 0.2) is 11.5 Å². The van der Waals surface area contributed by atoms with Crippen molar-refractivity contribution >= 4 is 40.4 Å². The zero-order chi connectivity index (χ0) is 20.8. The van der Waals surface area contributed by atoms with Crippen molar-refractivity contribution in [2.45, 2.75) is 6.54 Å². The van der Waals surface area contributed by atoms with Crippen LogP contribution in [0.5, 0.6) is 17.2 Å².